The fourth-order valence-corrected chi connectivity index (χ4v) is 1.90. The van der Waals surface area contributed by atoms with Crippen molar-refractivity contribution in [1.82, 2.24) is 4.98 Å². The van der Waals surface area contributed by atoms with Crippen LogP contribution in [0.1, 0.15) is 12.0 Å². The van der Waals surface area contributed by atoms with Crippen LogP contribution in [0, 0.1) is 3.57 Å². The molecule has 0 aliphatic rings. The molecule has 0 saturated heterocycles. The highest BCUT2D eigenvalue weighted by Gasteiger charge is 2.34. The van der Waals surface area contributed by atoms with Crippen molar-refractivity contribution < 1.29 is 26.7 Å². The van der Waals surface area contributed by atoms with Crippen LogP contribution >= 0.6 is 34.2 Å². The minimum Gasteiger partial charge on any atom is -0.401 e. The van der Waals surface area contributed by atoms with Gasteiger partial charge in [-0.05, 0) is 22.6 Å². The molecule has 0 aliphatic heterocycles. The highest BCUT2D eigenvalue weighted by molar-refractivity contribution is 14.1. The highest BCUT2D eigenvalue weighted by atomic mass is 127. The van der Waals surface area contributed by atoms with Gasteiger partial charge in [0.15, 0.2) is 10.9 Å². The lowest BCUT2D eigenvalue weighted by Gasteiger charge is -2.13. The van der Waals surface area contributed by atoms with Crippen LogP contribution in [-0.4, -0.2) is 11.3 Å². The Morgan fingerprint density at radius 2 is 1.94 bits per heavy atom. The Kier molecular flexibility index (Phi) is 4.16. The zero-order chi connectivity index (χ0) is 12.5. The molecule has 0 unspecified atom stereocenters. The molecule has 9 heteroatoms. The third-order valence-corrected chi connectivity index (χ3v) is 2.79. The molecule has 0 amide bonds. The lowest BCUT2D eigenvalue weighted by Crippen LogP contribution is -2.18. The van der Waals surface area contributed by atoms with Crippen molar-refractivity contribution in [3.8, 4) is 5.75 Å². The zero-order valence-corrected chi connectivity index (χ0v) is 10.1. The second kappa shape index (κ2) is 4.86. The first-order chi connectivity index (χ1) is 7.22. The Morgan fingerprint density at radius 1 is 1.38 bits per heavy atom. The lowest BCUT2D eigenvalue weighted by atomic mass is 10.3. The molecule has 90 valence electrons. The molecule has 0 aromatic carbocycles. The van der Waals surface area contributed by atoms with Crippen molar-refractivity contribution in [2.75, 3.05) is 0 Å². The van der Waals surface area contributed by atoms with E-state index >= 15 is 0 Å². The number of alkyl halides is 5. The summed E-state index contributed by atoms with van der Waals surface area (Å²) in [7, 11) is 0. The fraction of sp³-hybridized carbons (Fsp3) is 0.286. The van der Waals surface area contributed by atoms with Gasteiger partial charge < -0.3 is 4.74 Å². The van der Waals surface area contributed by atoms with E-state index in [9.17, 15) is 22.0 Å². The molecule has 0 fully saturated rings. The summed E-state index contributed by atoms with van der Waals surface area (Å²) in [5.41, 5.74) is -0.663. The topological polar surface area (TPSA) is 22.1 Å². The van der Waals surface area contributed by atoms with Crippen molar-refractivity contribution in [3.05, 3.63) is 20.5 Å². The highest BCUT2D eigenvalue weighted by Crippen LogP contribution is 2.37. The van der Waals surface area contributed by atoms with E-state index in [0.717, 1.165) is 0 Å². The zero-order valence-electron chi connectivity index (χ0n) is 7.16. The molecule has 16 heavy (non-hydrogen) atoms. The van der Waals surface area contributed by atoms with Crippen molar-refractivity contribution in [2.24, 2.45) is 0 Å². The molecular weight excluding hydrogens is 371 g/mol. The summed E-state index contributed by atoms with van der Waals surface area (Å²) in [6.07, 6.45) is -7.25. The van der Waals surface area contributed by atoms with Crippen LogP contribution in [0.2, 0.25) is 5.15 Å². The average Bonchev–Trinajstić information content (AvgIpc) is 2.10. The van der Waals surface area contributed by atoms with E-state index in [1.165, 1.54) is 22.6 Å². The largest absolute Gasteiger partial charge is 0.573 e. The monoisotopic (exact) mass is 373 g/mol. The van der Waals surface area contributed by atoms with Crippen molar-refractivity contribution in [1.29, 1.82) is 0 Å². The predicted octanol–water partition coefficient (Wildman–Crippen LogP) is 4.18. The smallest absolute Gasteiger partial charge is 0.401 e. The first-order valence-electron chi connectivity index (χ1n) is 3.60. The van der Waals surface area contributed by atoms with Crippen LogP contribution in [0.15, 0.2) is 6.20 Å². The Labute approximate surface area is 105 Å². The van der Waals surface area contributed by atoms with Crippen LogP contribution in [0.4, 0.5) is 22.0 Å². The summed E-state index contributed by atoms with van der Waals surface area (Å²) < 4.78 is 63.6. The van der Waals surface area contributed by atoms with Gasteiger partial charge >= 0.3 is 6.36 Å². The van der Waals surface area contributed by atoms with E-state index in [0.29, 0.717) is 6.20 Å². The standard InChI is InChI=1S/C7H2ClF5INO/c8-5-4(16-7(11,12)13)3(14)2(1-15-5)6(9)10/h1,6H. The van der Waals surface area contributed by atoms with Crippen LogP contribution in [0.3, 0.4) is 0 Å². The maximum atomic E-state index is 12.3. The van der Waals surface area contributed by atoms with Crippen molar-refractivity contribution in [3.63, 3.8) is 0 Å². The number of pyridine rings is 1. The molecular formula is C7H2ClF5INO. The Hall–Kier alpha value is -0.380. The molecule has 0 atom stereocenters. The van der Waals surface area contributed by atoms with Crippen LogP contribution in [0.25, 0.3) is 0 Å². The minimum atomic E-state index is -5.01. The number of ether oxygens (including phenoxy) is 1. The number of aromatic nitrogens is 1. The van der Waals surface area contributed by atoms with Gasteiger partial charge in [-0.15, -0.1) is 13.2 Å². The number of hydrogen-bond donors (Lipinski definition) is 0. The maximum Gasteiger partial charge on any atom is 0.573 e. The normalized spacial score (nSPS) is 12.0. The summed E-state index contributed by atoms with van der Waals surface area (Å²) in [6.45, 7) is 0. The molecule has 0 aliphatic carbocycles. The molecule has 1 rings (SSSR count). The molecule has 1 aromatic heterocycles. The van der Waals surface area contributed by atoms with Crippen LogP contribution < -0.4 is 4.74 Å². The Balaban J connectivity index is 3.21. The quantitative estimate of drug-likeness (QED) is 0.441. The Bertz CT molecular complexity index is 397. The number of halogens is 7. The summed E-state index contributed by atoms with van der Waals surface area (Å²) in [5, 5.41) is -0.619. The Morgan fingerprint density at radius 3 is 2.38 bits per heavy atom. The van der Waals surface area contributed by atoms with E-state index in [-0.39, 0.29) is 0 Å². The van der Waals surface area contributed by atoms with Gasteiger partial charge in [0.05, 0.1) is 9.13 Å². The molecule has 0 radical (unpaired) electrons. The van der Waals surface area contributed by atoms with Gasteiger partial charge in [-0.3, -0.25) is 0 Å². The molecule has 0 spiro atoms. The SMILES string of the molecule is FC(F)c1cnc(Cl)c(OC(F)(F)F)c1I. The van der Waals surface area contributed by atoms with Gasteiger partial charge in [0.2, 0.25) is 0 Å². The molecule has 0 bridgehead atoms. The van der Waals surface area contributed by atoms with Gasteiger partial charge in [-0.2, -0.15) is 0 Å². The molecule has 0 saturated carbocycles. The van der Waals surface area contributed by atoms with E-state index < -0.39 is 32.8 Å². The van der Waals surface area contributed by atoms with E-state index in [1.54, 1.807) is 0 Å². The third-order valence-electron chi connectivity index (χ3n) is 1.41. The van der Waals surface area contributed by atoms with E-state index in [2.05, 4.69) is 9.72 Å². The van der Waals surface area contributed by atoms with Crippen molar-refractivity contribution in [2.45, 2.75) is 12.8 Å². The first kappa shape index (κ1) is 13.7. The van der Waals surface area contributed by atoms with Crippen molar-refractivity contribution >= 4 is 34.2 Å². The second-order valence-electron chi connectivity index (χ2n) is 2.50. The number of rotatable bonds is 2. The predicted molar refractivity (Wildman–Crippen MR) is 53.6 cm³/mol. The third kappa shape index (κ3) is 3.30. The lowest BCUT2D eigenvalue weighted by molar-refractivity contribution is -0.275. The van der Waals surface area contributed by atoms with Crippen LogP contribution in [0.5, 0.6) is 5.75 Å². The second-order valence-corrected chi connectivity index (χ2v) is 3.93. The molecule has 2 nitrogen and oxygen atoms in total. The molecule has 1 heterocycles. The summed E-state index contributed by atoms with van der Waals surface area (Å²) in [4.78, 5) is 3.20. The fourth-order valence-electron chi connectivity index (χ4n) is 0.818. The van der Waals surface area contributed by atoms with Crippen LogP contribution in [-0.2, 0) is 0 Å². The van der Waals surface area contributed by atoms with Gasteiger partial charge in [0.1, 0.15) is 0 Å². The average molecular weight is 373 g/mol. The summed E-state index contributed by atoms with van der Waals surface area (Å²) >= 11 is 6.62. The van der Waals surface area contributed by atoms with Gasteiger partial charge in [0.25, 0.3) is 6.43 Å². The van der Waals surface area contributed by atoms with Gasteiger partial charge in [0, 0.05) is 6.20 Å². The molecule has 1 aromatic rings. The van der Waals surface area contributed by atoms with Gasteiger partial charge in [-0.25, -0.2) is 13.8 Å². The summed E-state index contributed by atoms with van der Waals surface area (Å²) in [5.74, 6) is -0.910. The van der Waals surface area contributed by atoms with Gasteiger partial charge in [-0.1, -0.05) is 11.6 Å². The number of hydrogen-bond acceptors (Lipinski definition) is 2. The van der Waals surface area contributed by atoms with E-state index in [1.807, 2.05) is 0 Å². The number of nitrogens with zero attached hydrogens (tertiary/aromatic N) is 1. The molecule has 0 N–H and O–H groups in total. The first-order valence-corrected chi connectivity index (χ1v) is 5.06. The summed E-state index contributed by atoms with van der Waals surface area (Å²) in [6, 6.07) is 0. The maximum absolute atomic E-state index is 12.3. The minimum absolute atomic E-state index is 0.412. The van der Waals surface area contributed by atoms with E-state index in [4.69, 9.17) is 11.6 Å².